The molecule has 0 saturated heterocycles. The number of hydrogen-bond donors (Lipinski definition) is 2. The molecule has 0 unspecified atom stereocenters. The molecule has 0 amide bonds. The highest BCUT2D eigenvalue weighted by molar-refractivity contribution is 8.13. The van der Waals surface area contributed by atoms with Crippen molar-refractivity contribution in [1.82, 2.24) is 0 Å². The van der Waals surface area contributed by atoms with Gasteiger partial charge >= 0.3 is 0 Å². The number of nitrogen functional groups attached to an aromatic ring is 1. The molecule has 0 atom stereocenters. The van der Waals surface area contributed by atoms with Gasteiger partial charge in [-0.25, -0.2) is 0 Å². The molecule has 0 saturated carbocycles. The fourth-order valence-corrected chi connectivity index (χ4v) is 1.92. The Kier molecular flexibility index (Phi) is 2.17. The summed E-state index contributed by atoms with van der Waals surface area (Å²) in [5, 5.41) is 11.3. The molecule has 4 nitrogen and oxygen atoms in total. The third-order valence-electron chi connectivity index (χ3n) is 1.86. The van der Waals surface area contributed by atoms with Gasteiger partial charge in [0.05, 0.1) is 5.71 Å². The monoisotopic (exact) mass is 207 g/mol. The number of rotatable bonds is 0. The first-order valence-corrected chi connectivity index (χ1v) is 4.86. The second kappa shape index (κ2) is 3.34. The van der Waals surface area contributed by atoms with Crippen LogP contribution >= 0.6 is 11.8 Å². The lowest BCUT2D eigenvalue weighted by molar-refractivity contribution is 0.337. The summed E-state index contributed by atoms with van der Waals surface area (Å²) in [6.45, 7) is 1.83. The number of anilines is 1. The highest BCUT2D eigenvalue weighted by Crippen LogP contribution is 2.28. The van der Waals surface area contributed by atoms with Gasteiger partial charge in [0, 0.05) is 16.1 Å². The van der Waals surface area contributed by atoms with Gasteiger partial charge in [-0.15, -0.1) is 0 Å². The summed E-state index contributed by atoms with van der Waals surface area (Å²) in [4.78, 5) is 5.78. The molecule has 14 heavy (non-hydrogen) atoms. The van der Waals surface area contributed by atoms with Crippen molar-refractivity contribution in [2.24, 2.45) is 5.16 Å². The fourth-order valence-electron chi connectivity index (χ4n) is 1.20. The van der Waals surface area contributed by atoms with Gasteiger partial charge in [0.15, 0.2) is 0 Å². The van der Waals surface area contributed by atoms with Crippen LogP contribution in [0.4, 0.5) is 5.69 Å². The average Bonchev–Trinajstić information content (AvgIpc) is 2.29. The Balaban J connectivity index is 2.57. The van der Waals surface area contributed by atoms with E-state index in [-0.39, 0.29) is 5.23 Å². The summed E-state index contributed by atoms with van der Waals surface area (Å²) in [5.41, 5.74) is 8.02. The van der Waals surface area contributed by atoms with Crippen molar-refractivity contribution in [2.45, 2.75) is 11.8 Å². The zero-order chi connectivity index (χ0) is 10.1. The van der Waals surface area contributed by atoms with E-state index in [0.29, 0.717) is 5.69 Å². The number of thioether (sulfide) groups is 1. The summed E-state index contributed by atoms with van der Waals surface area (Å²) in [6.07, 6.45) is 0. The maximum atomic E-state index is 7.41. The van der Waals surface area contributed by atoms with E-state index in [1.165, 1.54) is 11.8 Å². The third kappa shape index (κ3) is 1.58. The summed E-state index contributed by atoms with van der Waals surface area (Å²) in [6, 6.07) is 5.51. The van der Waals surface area contributed by atoms with Crippen molar-refractivity contribution in [2.75, 3.05) is 5.73 Å². The topological polar surface area (TPSA) is 71.5 Å². The molecule has 72 valence electrons. The molecule has 0 radical (unpaired) electrons. The predicted octanol–water partition coefficient (Wildman–Crippen LogP) is 2.05. The van der Waals surface area contributed by atoms with E-state index in [2.05, 4.69) is 5.16 Å². The van der Waals surface area contributed by atoms with Crippen LogP contribution in [0.2, 0.25) is 0 Å². The van der Waals surface area contributed by atoms with Crippen LogP contribution < -0.4 is 5.73 Å². The van der Waals surface area contributed by atoms with Crippen molar-refractivity contribution in [3.05, 3.63) is 23.8 Å². The summed E-state index contributed by atoms with van der Waals surface area (Å²) >= 11 is 1.24. The first-order valence-electron chi connectivity index (χ1n) is 4.05. The number of benzene rings is 1. The zero-order valence-electron chi connectivity index (χ0n) is 7.57. The lowest BCUT2D eigenvalue weighted by Crippen LogP contribution is -1.97. The predicted molar refractivity (Wildman–Crippen MR) is 57.7 cm³/mol. The van der Waals surface area contributed by atoms with Crippen LogP contribution in [0.3, 0.4) is 0 Å². The lowest BCUT2D eigenvalue weighted by Gasteiger charge is -2.03. The van der Waals surface area contributed by atoms with Gasteiger partial charge in [-0.3, -0.25) is 5.41 Å². The smallest absolute Gasteiger partial charge is 0.281 e. The number of hydrogen-bond acceptors (Lipinski definition) is 5. The van der Waals surface area contributed by atoms with Crippen LogP contribution in [0, 0.1) is 5.41 Å². The van der Waals surface area contributed by atoms with E-state index in [0.717, 1.165) is 16.2 Å². The van der Waals surface area contributed by atoms with Crippen molar-refractivity contribution in [3.63, 3.8) is 0 Å². The van der Waals surface area contributed by atoms with Crippen LogP contribution in [0.1, 0.15) is 12.5 Å². The Morgan fingerprint density at radius 1 is 1.50 bits per heavy atom. The van der Waals surface area contributed by atoms with Gasteiger partial charge in [-0.2, -0.15) is 0 Å². The number of fused-ring (bicyclic) bond motifs is 1. The average molecular weight is 207 g/mol. The molecule has 0 fully saturated rings. The first-order chi connectivity index (χ1) is 6.66. The number of nitrogens with two attached hydrogens (primary N) is 1. The van der Waals surface area contributed by atoms with Gasteiger partial charge in [0.2, 0.25) is 0 Å². The minimum absolute atomic E-state index is 0.0767. The molecule has 3 N–H and O–H groups in total. The van der Waals surface area contributed by atoms with Gasteiger partial charge in [-0.1, -0.05) is 5.16 Å². The molecule has 0 spiro atoms. The summed E-state index contributed by atoms with van der Waals surface area (Å²) in [5.74, 6) is 0. The second-order valence-corrected chi connectivity index (χ2v) is 3.93. The van der Waals surface area contributed by atoms with E-state index in [1.54, 1.807) is 6.07 Å². The fraction of sp³-hybridized carbons (Fsp3) is 0.111. The van der Waals surface area contributed by atoms with Gasteiger partial charge in [-0.05, 0) is 36.9 Å². The molecule has 1 aliphatic heterocycles. The summed E-state index contributed by atoms with van der Waals surface area (Å²) < 4.78 is 0. The van der Waals surface area contributed by atoms with Gasteiger partial charge in [0.1, 0.15) is 0 Å². The Morgan fingerprint density at radius 3 is 3.07 bits per heavy atom. The molecule has 1 aromatic rings. The van der Waals surface area contributed by atoms with Crippen molar-refractivity contribution in [1.29, 1.82) is 5.41 Å². The van der Waals surface area contributed by atoms with Crippen LogP contribution in [-0.4, -0.2) is 10.9 Å². The van der Waals surface area contributed by atoms with E-state index in [9.17, 15) is 0 Å². The van der Waals surface area contributed by atoms with Crippen LogP contribution in [-0.2, 0) is 4.84 Å². The lowest BCUT2D eigenvalue weighted by atomic mass is 10.1. The third-order valence-corrected chi connectivity index (χ3v) is 2.70. The number of oxime groups is 1. The molecule has 0 aliphatic carbocycles. The maximum absolute atomic E-state index is 7.41. The zero-order valence-corrected chi connectivity index (χ0v) is 8.39. The van der Waals surface area contributed by atoms with Crippen molar-refractivity contribution < 1.29 is 4.84 Å². The first kappa shape index (κ1) is 9.08. The van der Waals surface area contributed by atoms with E-state index >= 15 is 0 Å². The van der Waals surface area contributed by atoms with Crippen molar-refractivity contribution in [3.8, 4) is 0 Å². The van der Waals surface area contributed by atoms with Crippen molar-refractivity contribution >= 4 is 28.4 Å². The molecule has 2 rings (SSSR count). The van der Waals surface area contributed by atoms with Gasteiger partial charge in [0.25, 0.3) is 5.23 Å². The van der Waals surface area contributed by atoms with E-state index in [4.69, 9.17) is 16.0 Å². The SMILES string of the molecule is CC1=NOC(=N)Sc2ccc(N)cc21. The highest BCUT2D eigenvalue weighted by atomic mass is 32.2. The largest absolute Gasteiger partial charge is 0.399 e. The standard InChI is InChI=1S/C9H9N3OS/c1-5-7-4-6(10)2-3-8(7)14-9(11)13-12-5/h2-4,11H,10H2,1H3. The van der Waals surface area contributed by atoms with E-state index < -0.39 is 0 Å². The molecule has 1 heterocycles. The minimum atomic E-state index is 0.0767. The van der Waals surface area contributed by atoms with Crippen LogP contribution in [0.25, 0.3) is 0 Å². The maximum Gasteiger partial charge on any atom is 0.281 e. The molecule has 0 bridgehead atoms. The normalized spacial score (nSPS) is 15.2. The minimum Gasteiger partial charge on any atom is -0.399 e. The quantitative estimate of drug-likeness (QED) is 0.639. The second-order valence-electron chi connectivity index (χ2n) is 2.91. The Morgan fingerprint density at radius 2 is 2.29 bits per heavy atom. The Labute approximate surface area is 85.6 Å². The van der Waals surface area contributed by atoms with Gasteiger partial charge < -0.3 is 10.6 Å². The molecule has 1 aliphatic rings. The molecule has 5 heteroatoms. The Hall–Kier alpha value is -1.49. The molecular weight excluding hydrogens is 198 g/mol. The molecular formula is C9H9N3OS. The number of nitrogens with one attached hydrogen (secondary N) is 1. The molecule has 1 aromatic carbocycles. The Bertz CT molecular complexity index is 428. The van der Waals surface area contributed by atoms with E-state index in [1.807, 2.05) is 19.1 Å². The molecule has 0 aromatic heterocycles. The highest BCUT2D eigenvalue weighted by Gasteiger charge is 2.14. The van der Waals surface area contributed by atoms with Crippen LogP contribution in [0.5, 0.6) is 0 Å². The summed E-state index contributed by atoms with van der Waals surface area (Å²) in [7, 11) is 0. The van der Waals surface area contributed by atoms with Crippen LogP contribution in [0.15, 0.2) is 28.3 Å². The number of nitrogens with zero attached hydrogens (tertiary/aromatic N) is 1.